The molecule has 0 saturated carbocycles. The molecule has 0 aliphatic rings. The predicted molar refractivity (Wildman–Crippen MR) is 47.5 cm³/mol. The molecule has 13 heavy (non-hydrogen) atoms. The Balaban J connectivity index is 4.26. The number of carboxylic acids is 1. The summed E-state index contributed by atoms with van der Waals surface area (Å²) in [4.78, 5) is 10.7. The van der Waals surface area contributed by atoms with Crippen LogP contribution in [0.5, 0.6) is 0 Å². The second kappa shape index (κ2) is 6.59. The lowest BCUT2D eigenvalue weighted by atomic mass is 10.2. The quantitative estimate of drug-likeness (QED) is 0.439. The molecular formula is C8H15NO4. The van der Waals surface area contributed by atoms with E-state index in [4.69, 9.17) is 11.3 Å². The van der Waals surface area contributed by atoms with E-state index in [1.165, 1.54) is 13.1 Å². The number of hydrogen-bond donors (Lipinski definition) is 3. The number of aliphatic hydroxyl groups excluding tert-OH is 1. The molecular weight excluding hydrogens is 174 g/mol. The topological polar surface area (TPSA) is 78.8 Å². The number of nitrogens with one attached hydrogen (secondary N) is 1. The Hall–Kier alpha value is -0.910. The first-order valence-electron chi connectivity index (χ1n) is 4.28. The molecule has 3 N–H and O–H groups in total. The van der Waals surface area contributed by atoms with Crippen molar-refractivity contribution in [2.75, 3.05) is 20.3 Å². The highest BCUT2D eigenvalue weighted by Crippen LogP contribution is 1.99. The number of ether oxygens (including phenoxy) is 1. The van der Waals surface area contributed by atoms with E-state index in [9.17, 15) is 4.79 Å². The van der Waals surface area contributed by atoms with Crippen molar-refractivity contribution in [2.24, 2.45) is 0 Å². The van der Waals surface area contributed by atoms with Crippen LogP contribution in [0.3, 0.4) is 0 Å². The molecule has 0 heterocycles. The molecule has 0 amide bonds. The van der Waals surface area contributed by atoms with Gasteiger partial charge in [-0.1, -0.05) is 6.08 Å². The maximum absolute atomic E-state index is 10.7. The van der Waals surface area contributed by atoms with Crippen molar-refractivity contribution in [2.45, 2.75) is 12.1 Å². The van der Waals surface area contributed by atoms with Crippen molar-refractivity contribution in [1.82, 2.24) is 5.32 Å². The minimum atomic E-state index is -1.04. The number of carbonyl (C=O) groups is 1. The minimum absolute atomic E-state index is 0.106. The first-order chi connectivity index (χ1) is 6.67. The third kappa shape index (κ3) is 4.02. The molecule has 0 saturated heterocycles. The number of hydrogen-bond acceptors (Lipinski definition) is 4. The van der Waals surface area contributed by atoms with Crippen LogP contribution in [0, 0.1) is 0 Å². The Morgan fingerprint density at radius 3 is 3.00 bits per heavy atom. The van der Waals surface area contributed by atoms with Gasteiger partial charge in [-0.05, 0) is 7.05 Å². The van der Waals surface area contributed by atoms with Gasteiger partial charge in [-0.15, -0.1) is 6.58 Å². The van der Waals surface area contributed by atoms with Crippen LogP contribution in [-0.4, -0.2) is 50.0 Å². The largest absolute Gasteiger partial charge is 0.480 e. The normalized spacial score (nSPS) is 15.9. The van der Waals surface area contributed by atoms with E-state index in [1.807, 2.05) is 0 Å². The standard InChI is InChI=1S/C8H15NO4/c1-3-4-13-6(5-10)7(9-2)8(11)12/h3,6-7,9-10H,1,4-5H2,2H3,(H,11,12)/t6?,7-/m0/s1/i10T. The molecule has 0 aromatic heterocycles. The summed E-state index contributed by atoms with van der Waals surface area (Å²) in [6.07, 6.45) is 0.805. The maximum Gasteiger partial charge on any atom is 0.323 e. The Bertz CT molecular complexity index is 188. The zero-order valence-corrected chi connectivity index (χ0v) is 7.53. The first kappa shape index (κ1) is 10.2. The van der Waals surface area contributed by atoms with Gasteiger partial charge in [-0.2, -0.15) is 0 Å². The summed E-state index contributed by atoms with van der Waals surface area (Å²) in [5.41, 5.74) is 0. The van der Waals surface area contributed by atoms with Crippen LogP contribution < -0.4 is 5.32 Å². The molecule has 0 fully saturated rings. The van der Waals surface area contributed by atoms with Crippen LogP contribution in [0.15, 0.2) is 12.7 Å². The molecule has 0 bridgehead atoms. The smallest absolute Gasteiger partial charge is 0.323 e. The number of likely N-dealkylation sites (N-methyl/N-ethyl adjacent to an activating group) is 1. The Kier molecular flexibility index (Phi) is 5.16. The van der Waals surface area contributed by atoms with Gasteiger partial charge < -0.3 is 20.3 Å². The molecule has 0 aromatic carbocycles. The van der Waals surface area contributed by atoms with Gasteiger partial charge in [0.2, 0.25) is 1.43 Å². The fourth-order valence-corrected chi connectivity index (χ4v) is 0.901. The third-order valence-electron chi connectivity index (χ3n) is 1.54. The van der Waals surface area contributed by atoms with Gasteiger partial charge in [-0.3, -0.25) is 4.79 Å². The lowest BCUT2D eigenvalue weighted by Gasteiger charge is -2.21. The van der Waals surface area contributed by atoms with Gasteiger partial charge >= 0.3 is 5.97 Å². The molecule has 0 rings (SSSR count). The minimum Gasteiger partial charge on any atom is -0.480 e. The van der Waals surface area contributed by atoms with E-state index in [2.05, 4.69) is 17.0 Å². The summed E-state index contributed by atoms with van der Waals surface area (Å²) >= 11 is 0. The monoisotopic (exact) mass is 191 g/mol. The van der Waals surface area contributed by atoms with Gasteiger partial charge in [0.1, 0.15) is 12.1 Å². The summed E-state index contributed by atoms with van der Waals surface area (Å²) in [5, 5.41) is 15.5. The summed E-state index contributed by atoms with van der Waals surface area (Å²) in [6, 6.07) is -0.889. The second-order valence-corrected chi connectivity index (χ2v) is 2.43. The van der Waals surface area contributed by atoms with Crippen molar-refractivity contribution in [3.63, 3.8) is 0 Å². The average molecular weight is 191 g/mol. The zero-order chi connectivity index (χ0) is 11.0. The van der Waals surface area contributed by atoms with Gasteiger partial charge in [0, 0.05) is 0 Å². The van der Waals surface area contributed by atoms with Crippen molar-refractivity contribution in [1.29, 1.82) is 1.43 Å². The maximum atomic E-state index is 10.7. The summed E-state index contributed by atoms with van der Waals surface area (Å²) in [7, 11) is 1.51. The van der Waals surface area contributed by atoms with Crippen molar-refractivity contribution in [3.8, 4) is 0 Å². The second-order valence-electron chi connectivity index (χ2n) is 2.43. The van der Waals surface area contributed by atoms with Gasteiger partial charge in [0.05, 0.1) is 13.2 Å². The molecule has 0 spiro atoms. The van der Waals surface area contributed by atoms with E-state index >= 15 is 0 Å². The van der Waals surface area contributed by atoms with Gasteiger partial charge in [0.25, 0.3) is 0 Å². The molecule has 0 aliphatic heterocycles. The summed E-state index contributed by atoms with van der Waals surface area (Å²) in [6.45, 7) is 3.56. The van der Waals surface area contributed by atoms with Crippen LogP contribution in [0.1, 0.15) is 0 Å². The molecule has 0 radical (unpaired) electrons. The lowest BCUT2D eigenvalue weighted by molar-refractivity contribution is -0.144. The number of aliphatic carboxylic acids is 1. The van der Waals surface area contributed by atoms with Crippen molar-refractivity contribution >= 4 is 5.97 Å². The van der Waals surface area contributed by atoms with E-state index in [-0.39, 0.29) is 13.2 Å². The highest BCUT2D eigenvalue weighted by atomic mass is 16.5. The molecule has 0 aliphatic carbocycles. The molecule has 76 valence electrons. The Labute approximate surface area is 78.5 Å². The fourth-order valence-electron chi connectivity index (χ4n) is 0.901. The van der Waals surface area contributed by atoms with Crippen LogP contribution in [0.25, 0.3) is 0 Å². The van der Waals surface area contributed by atoms with E-state index in [0.717, 1.165) is 0 Å². The van der Waals surface area contributed by atoms with E-state index in [1.54, 1.807) is 0 Å². The predicted octanol–water partition coefficient (Wildman–Crippen LogP) is -0.777. The lowest BCUT2D eigenvalue weighted by Crippen LogP contribution is -2.47. The number of rotatable bonds is 8. The molecule has 0 aromatic rings. The van der Waals surface area contributed by atoms with Gasteiger partial charge in [-0.25, -0.2) is 0 Å². The highest BCUT2D eigenvalue weighted by molar-refractivity contribution is 5.74. The van der Waals surface area contributed by atoms with Crippen molar-refractivity contribution < 1.29 is 19.7 Å². The Morgan fingerprint density at radius 1 is 1.92 bits per heavy atom. The molecule has 5 heteroatoms. The van der Waals surface area contributed by atoms with E-state index in [0.29, 0.717) is 0 Å². The van der Waals surface area contributed by atoms with Crippen LogP contribution in [-0.2, 0) is 9.53 Å². The van der Waals surface area contributed by atoms with Crippen LogP contribution in [0.4, 0.5) is 0 Å². The van der Waals surface area contributed by atoms with Crippen molar-refractivity contribution in [3.05, 3.63) is 12.7 Å². The molecule has 2 atom stereocenters. The zero-order valence-electron chi connectivity index (χ0n) is 8.53. The molecule has 5 nitrogen and oxygen atoms in total. The average Bonchev–Trinajstić information content (AvgIpc) is 2.14. The number of carboxylic acid groups (broad SMARTS) is 1. The van der Waals surface area contributed by atoms with Crippen LogP contribution >= 0.6 is 0 Å². The summed E-state index contributed by atoms with van der Waals surface area (Å²) < 4.78 is 11.7. The SMILES string of the molecule is [3H]OCC(OCC=C)[C@H](NC)C(=O)O. The molecule has 1 unspecified atom stereocenters. The highest BCUT2D eigenvalue weighted by Gasteiger charge is 2.26. The van der Waals surface area contributed by atoms with E-state index < -0.39 is 18.1 Å². The summed E-state index contributed by atoms with van der Waals surface area (Å²) in [5.74, 6) is -1.04. The fraction of sp³-hybridized carbons (Fsp3) is 0.625. The van der Waals surface area contributed by atoms with Crippen LogP contribution in [0.2, 0.25) is 0 Å². The first-order valence-corrected chi connectivity index (χ1v) is 3.88. The van der Waals surface area contributed by atoms with Gasteiger partial charge in [0.15, 0.2) is 0 Å². The number of aliphatic hydroxyl groups is 1. The Morgan fingerprint density at radius 2 is 2.62 bits per heavy atom. The third-order valence-corrected chi connectivity index (χ3v) is 1.54.